The highest BCUT2D eigenvalue weighted by Gasteiger charge is 2.37. The number of rotatable bonds is 4. The third-order valence-electron chi connectivity index (χ3n) is 6.39. The first-order valence-corrected chi connectivity index (χ1v) is 14.3. The average molecular weight is 421 g/mol. The van der Waals surface area contributed by atoms with Crippen molar-refractivity contribution in [2.45, 2.75) is 77.9 Å². The first-order chi connectivity index (χ1) is 13.7. The molecule has 0 saturated heterocycles. The van der Waals surface area contributed by atoms with E-state index in [4.69, 9.17) is 4.43 Å². The minimum atomic E-state index is -1.91. The van der Waals surface area contributed by atoms with Crippen LogP contribution in [0.1, 0.15) is 78.7 Å². The number of carbonyl (C=O) groups excluding carboxylic acids is 1. The Morgan fingerprint density at radius 2 is 1.37 bits per heavy atom. The quantitative estimate of drug-likeness (QED) is 0.482. The Morgan fingerprint density at radius 3 is 1.87 bits per heavy atom. The number of carbonyl (C=O) groups is 1. The van der Waals surface area contributed by atoms with Crippen LogP contribution in [0.5, 0.6) is 0 Å². The normalized spacial score (nSPS) is 17.2. The Balaban J connectivity index is 1.95. The molecule has 3 heteroatoms. The van der Waals surface area contributed by atoms with Gasteiger partial charge in [-0.3, -0.25) is 0 Å². The van der Waals surface area contributed by atoms with Crippen LogP contribution in [0, 0.1) is 6.92 Å². The summed E-state index contributed by atoms with van der Waals surface area (Å²) in [6.45, 7) is 22.0. The van der Waals surface area contributed by atoms with E-state index in [1.807, 2.05) is 43.9 Å². The SMILES string of the molecule is C=C(c1ccc(C(=O)O[Si](C)(C)C)cc1)c1cc2c(cc1C)C(C)(C)CCC2(C)C. The second-order valence-electron chi connectivity index (χ2n) is 11.0. The molecule has 0 bridgehead atoms. The molecule has 0 N–H and O–H groups in total. The largest absolute Gasteiger partial charge is 0.516 e. The van der Waals surface area contributed by atoms with E-state index in [0.29, 0.717) is 5.56 Å². The molecule has 0 saturated carbocycles. The van der Waals surface area contributed by atoms with Crippen molar-refractivity contribution in [3.05, 3.63) is 76.4 Å². The summed E-state index contributed by atoms with van der Waals surface area (Å²) in [4.78, 5) is 12.3. The molecule has 2 nitrogen and oxygen atoms in total. The molecule has 2 aromatic carbocycles. The number of aryl methyl sites for hydroxylation is 1. The average Bonchev–Trinajstić information content (AvgIpc) is 2.63. The summed E-state index contributed by atoms with van der Waals surface area (Å²) in [6.07, 6.45) is 2.40. The first-order valence-electron chi connectivity index (χ1n) is 10.9. The molecule has 1 aliphatic carbocycles. The van der Waals surface area contributed by atoms with Crippen molar-refractivity contribution < 1.29 is 9.22 Å². The highest BCUT2D eigenvalue weighted by molar-refractivity contribution is 6.71. The molecular formula is C27H36O2Si. The van der Waals surface area contributed by atoms with E-state index in [1.165, 1.54) is 35.1 Å². The van der Waals surface area contributed by atoms with Crippen molar-refractivity contribution in [1.82, 2.24) is 0 Å². The van der Waals surface area contributed by atoms with Crippen LogP contribution in [0.15, 0.2) is 43.0 Å². The van der Waals surface area contributed by atoms with E-state index < -0.39 is 8.32 Å². The van der Waals surface area contributed by atoms with Crippen LogP contribution < -0.4 is 0 Å². The number of hydrogen-bond donors (Lipinski definition) is 0. The van der Waals surface area contributed by atoms with Gasteiger partial charge >= 0.3 is 5.97 Å². The lowest BCUT2D eigenvalue weighted by molar-refractivity contribution is 0.0724. The first kappa shape index (κ1) is 22.5. The minimum absolute atomic E-state index is 0.165. The molecule has 0 fully saturated rings. The Labute approximate surface area is 183 Å². The summed E-state index contributed by atoms with van der Waals surface area (Å²) in [5, 5.41) is 0. The maximum atomic E-state index is 12.3. The molecule has 0 radical (unpaired) electrons. The standard InChI is InChI=1S/C27H36O2Si/c1-18-16-23-24(27(5,6)15-14-26(23,3)4)17-22(18)19(2)20-10-12-21(13-11-20)25(28)29-30(7,8)9/h10-13,16-17H,2,14-15H2,1,3-9H3. The summed E-state index contributed by atoms with van der Waals surface area (Å²) in [5.41, 5.74) is 8.36. The molecule has 0 spiro atoms. The van der Waals surface area contributed by atoms with Crippen LogP contribution in [0.3, 0.4) is 0 Å². The van der Waals surface area contributed by atoms with E-state index in [1.54, 1.807) is 0 Å². The molecule has 0 aliphatic heterocycles. The summed E-state index contributed by atoms with van der Waals surface area (Å²) in [5.74, 6) is -0.236. The van der Waals surface area contributed by atoms with E-state index in [2.05, 4.69) is 53.3 Å². The zero-order valence-electron chi connectivity index (χ0n) is 19.9. The van der Waals surface area contributed by atoms with Gasteiger partial charge in [-0.25, -0.2) is 4.79 Å². The molecular weight excluding hydrogens is 384 g/mol. The van der Waals surface area contributed by atoms with E-state index in [0.717, 1.165) is 11.1 Å². The van der Waals surface area contributed by atoms with Crippen LogP contribution in [-0.2, 0) is 15.3 Å². The second-order valence-corrected chi connectivity index (χ2v) is 15.5. The number of fused-ring (bicyclic) bond motifs is 1. The Morgan fingerprint density at radius 1 is 0.900 bits per heavy atom. The van der Waals surface area contributed by atoms with Crippen molar-refractivity contribution in [1.29, 1.82) is 0 Å². The molecule has 3 rings (SSSR count). The van der Waals surface area contributed by atoms with E-state index >= 15 is 0 Å². The summed E-state index contributed by atoms with van der Waals surface area (Å²) < 4.78 is 5.61. The molecule has 0 atom stereocenters. The van der Waals surface area contributed by atoms with Gasteiger partial charge in [-0.2, -0.15) is 0 Å². The molecule has 160 valence electrons. The van der Waals surface area contributed by atoms with Crippen molar-refractivity contribution >= 4 is 19.9 Å². The maximum absolute atomic E-state index is 12.3. The fraction of sp³-hybridized carbons (Fsp3) is 0.444. The number of hydrogen-bond acceptors (Lipinski definition) is 2. The van der Waals surface area contributed by atoms with Gasteiger partial charge in [0.15, 0.2) is 0 Å². The van der Waals surface area contributed by atoms with Gasteiger partial charge in [0.1, 0.15) is 0 Å². The van der Waals surface area contributed by atoms with Crippen LogP contribution in [0.2, 0.25) is 19.6 Å². The zero-order valence-corrected chi connectivity index (χ0v) is 20.9. The predicted molar refractivity (Wildman–Crippen MR) is 130 cm³/mol. The van der Waals surface area contributed by atoms with E-state index in [9.17, 15) is 4.79 Å². The second kappa shape index (κ2) is 7.53. The molecule has 1 aliphatic rings. The van der Waals surface area contributed by atoms with Gasteiger partial charge < -0.3 is 4.43 Å². The molecule has 2 aromatic rings. The van der Waals surface area contributed by atoms with Crippen LogP contribution in [0.25, 0.3) is 5.57 Å². The van der Waals surface area contributed by atoms with E-state index in [-0.39, 0.29) is 16.8 Å². The third-order valence-corrected chi connectivity index (χ3v) is 7.19. The van der Waals surface area contributed by atoms with Crippen LogP contribution in [0.4, 0.5) is 0 Å². The van der Waals surface area contributed by atoms with Gasteiger partial charge in [0.05, 0.1) is 5.56 Å². The summed E-state index contributed by atoms with van der Waals surface area (Å²) >= 11 is 0. The van der Waals surface area contributed by atoms with Gasteiger partial charge in [-0.15, -0.1) is 0 Å². The van der Waals surface area contributed by atoms with Crippen molar-refractivity contribution in [3.8, 4) is 0 Å². The third kappa shape index (κ3) is 4.46. The smallest absolute Gasteiger partial charge is 0.324 e. The molecule has 30 heavy (non-hydrogen) atoms. The topological polar surface area (TPSA) is 26.3 Å². The van der Waals surface area contributed by atoms with Gasteiger partial charge in [0.2, 0.25) is 8.32 Å². The highest BCUT2D eigenvalue weighted by Crippen LogP contribution is 2.47. The van der Waals surface area contributed by atoms with Crippen molar-refractivity contribution in [2.75, 3.05) is 0 Å². The fourth-order valence-electron chi connectivity index (χ4n) is 4.35. The Hall–Kier alpha value is -2.13. The zero-order chi connectivity index (χ0) is 22.5. The van der Waals surface area contributed by atoms with Gasteiger partial charge in [-0.1, -0.05) is 58.5 Å². The molecule has 0 unspecified atom stereocenters. The molecule has 0 amide bonds. The highest BCUT2D eigenvalue weighted by atomic mass is 28.4. The Bertz CT molecular complexity index is 989. The fourth-order valence-corrected chi connectivity index (χ4v) is 5.02. The summed E-state index contributed by atoms with van der Waals surface area (Å²) in [7, 11) is -1.91. The summed E-state index contributed by atoms with van der Waals surface area (Å²) in [6, 6.07) is 12.4. The lowest BCUT2D eigenvalue weighted by Gasteiger charge is -2.42. The van der Waals surface area contributed by atoms with Crippen LogP contribution >= 0.6 is 0 Å². The van der Waals surface area contributed by atoms with Gasteiger partial charge in [-0.05, 0) is 95.8 Å². The van der Waals surface area contributed by atoms with Gasteiger partial charge in [0, 0.05) is 0 Å². The minimum Gasteiger partial charge on any atom is -0.516 e. The predicted octanol–water partition coefficient (Wildman–Crippen LogP) is 7.40. The molecule has 0 aromatic heterocycles. The monoisotopic (exact) mass is 420 g/mol. The lowest BCUT2D eigenvalue weighted by Crippen LogP contribution is -2.34. The van der Waals surface area contributed by atoms with Crippen molar-refractivity contribution in [2.24, 2.45) is 0 Å². The van der Waals surface area contributed by atoms with Crippen LogP contribution in [-0.4, -0.2) is 14.3 Å². The Kier molecular flexibility index (Phi) is 5.66. The van der Waals surface area contributed by atoms with Gasteiger partial charge in [0.25, 0.3) is 0 Å². The number of benzene rings is 2. The molecule has 0 heterocycles. The lowest BCUT2D eigenvalue weighted by atomic mass is 9.62. The maximum Gasteiger partial charge on any atom is 0.324 e. The van der Waals surface area contributed by atoms with Crippen molar-refractivity contribution in [3.63, 3.8) is 0 Å².